The highest BCUT2D eigenvalue weighted by atomic mass is 32.1. The monoisotopic (exact) mass is 264 g/mol. The highest BCUT2D eigenvalue weighted by Crippen LogP contribution is 2.29. The van der Waals surface area contributed by atoms with E-state index in [0.717, 1.165) is 18.8 Å². The minimum atomic E-state index is -0.235. The normalized spacial score (nSPS) is 19.9. The molecule has 3 nitrogen and oxygen atoms in total. The van der Waals surface area contributed by atoms with Crippen molar-refractivity contribution in [1.82, 2.24) is 10.3 Å². The summed E-state index contributed by atoms with van der Waals surface area (Å²) >= 11 is 1.45. The number of nitrogens with one attached hydrogen (secondary N) is 1. The molecule has 0 saturated carbocycles. The summed E-state index contributed by atoms with van der Waals surface area (Å²) in [7, 11) is 0. The molecular formula is C13H13FN2OS. The third-order valence-electron chi connectivity index (χ3n) is 2.88. The Morgan fingerprint density at radius 2 is 2.28 bits per heavy atom. The molecule has 5 heteroatoms. The van der Waals surface area contributed by atoms with E-state index in [9.17, 15) is 4.39 Å². The Labute approximate surface area is 109 Å². The summed E-state index contributed by atoms with van der Waals surface area (Å²) in [6, 6.07) is 6.70. The van der Waals surface area contributed by atoms with Crippen LogP contribution in [0, 0.1) is 5.82 Å². The van der Waals surface area contributed by atoms with Gasteiger partial charge in [0.05, 0.1) is 12.3 Å². The summed E-state index contributed by atoms with van der Waals surface area (Å²) < 4.78 is 19.3. The summed E-state index contributed by atoms with van der Waals surface area (Å²) in [5.74, 6) is -0.235. The van der Waals surface area contributed by atoms with Crippen LogP contribution in [0.15, 0.2) is 29.6 Å². The van der Waals surface area contributed by atoms with E-state index in [4.69, 9.17) is 4.74 Å². The number of rotatable bonds is 2. The first-order valence-electron chi connectivity index (χ1n) is 5.87. The molecule has 1 atom stereocenters. The van der Waals surface area contributed by atoms with E-state index in [-0.39, 0.29) is 11.9 Å². The van der Waals surface area contributed by atoms with Gasteiger partial charge >= 0.3 is 0 Å². The lowest BCUT2D eigenvalue weighted by Gasteiger charge is -2.21. The molecule has 1 unspecified atom stereocenters. The molecule has 1 aromatic carbocycles. The molecule has 0 spiro atoms. The van der Waals surface area contributed by atoms with Gasteiger partial charge in [0.1, 0.15) is 16.9 Å². The van der Waals surface area contributed by atoms with E-state index >= 15 is 0 Å². The Balaban J connectivity index is 1.87. The van der Waals surface area contributed by atoms with Gasteiger partial charge in [-0.05, 0) is 12.1 Å². The molecule has 94 valence electrons. The Morgan fingerprint density at radius 3 is 3.06 bits per heavy atom. The lowest BCUT2D eigenvalue weighted by Crippen LogP contribution is -2.33. The summed E-state index contributed by atoms with van der Waals surface area (Å²) in [6.45, 7) is 2.33. The number of morpholine rings is 1. The predicted molar refractivity (Wildman–Crippen MR) is 69.1 cm³/mol. The molecule has 1 aromatic heterocycles. The average molecular weight is 264 g/mol. The van der Waals surface area contributed by atoms with Gasteiger partial charge in [-0.3, -0.25) is 0 Å². The number of ether oxygens (including phenoxy) is 1. The van der Waals surface area contributed by atoms with Crippen LogP contribution in [-0.4, -0.2) is 24.7 Å². The van der Waals surface area contributed by atoms with Gasteiger partial charge in [0.2, 0.25) is 0 Å². The second-order valence-corrected chi connectivity index (χ2v) is 4.98. The Morgan fingerprint density at radius 1 is 1.39 bits per heavy atom. The lowest BCUT2D eigenvalue weighted by atomic mass is 10.2. The third kappa shape index (κ3) is 2.29. The van der Waals surface area contributed by atoms with Crippen molar-refractivity contribution in [1.29, 1.82) is 0 Å². The number of benzene rings is 1. The maximum absolute atomic E-state index is 13.6. The molecule has 1 aliphatic heterocycles. The van der Waals surface area contributed by atoms with E-state index in [0.29, 0.717) is 17.2 Å². The fraction of sp³-hybridized carbons (Fsp3) is 0.308. The minimum absolute atomic E-state index is 0.0180. The highest BCUT2D eigenvalue weighted by molar-refractivity contribution is 7.13. The average Bonchev–Trinajstić information content (AvgIpc) is 2.90. The Bertz CT molecular complexity index is 537. The second-order valence-electron chi connectivity index (χ2n) is 4.12. The Hall–Kier alpha value is -1.30. The number of hydrogen-bond donors (Lipinski definition) is 1. The van der Waals surface area contributed by atoms with Crippen LogP contribution in [0.1, 0.15) is 11.8 Å². The zero-order chi connectivity index (χ0) is 12.4. The van der Waals surface area contributed by atoms with E-state index < -0.39 is 0 Å². The van der Waals surface area contributed by atoms with Gasteiger partial charge in [0, 0.05) is 24.0 Å². The van der Waals surface area contributed by atoms with Crippen LogP contribution in [0.5, 0.6) is 0 Å². The number of hydrogen-bond acceptors (Lipinski definition) is 4. The maximum atomic E-state index is 13.6. The van der Waals surface area contributed by atoms with Crippen LogP contribution < -0.4 is 5.32 Å². The van der Waals surface area contributed by atoms with Gasteiger partial charge in [0.15, 0.2) is 0 Å². The number of halogens is 1. The molecule has 0 radical (unpaired) electrons. The van der Waals surface area contributed by atoms with E-state index in [2.05, 4.69) is 10.3 Å². The smallest absolute Gasteiger partial charge is 0.133 e. The molecule has 0 bridgehead atoms. The zero-order valence-corrected chi connectivity index (χ0v) is 10.5. The highest BCUT2D eigenvalue weighted by Gasteiger charge is 2.19. The van der Waals surface area contributed by atoms with Crippen molar-refractivity contribution >= 4 is 11.3 Å². The van der Waals surface area contributed by atoms with Crippen LogP contribution in [-0.2, 0) is 4.74 Å². The SMILES string of the molecule is Fc1ccccc1-c1nc(C2CNCCO2)cs1. The van der Waals surface area contributed by atoms with Crippen LogP contribution in [0.2, 0.25) is 0 Å². The maximum Gasteiger partial charge on any atom is 0.133 e. The Kier molecular flexibility index (Phi) is 3.36. The van der Waals surface area contributed by atoms with Crippen molar-refractivity contribution < 1.29 is 9.13 Å². The van der Waals surface area contributed by atoms with Crippen LogP contribution in [0.4, 0.5) is 4.39 Å². The van der Waals surface area contributed by atoms with Gasteiger partial charge in [-0.1, -0.05) is 12.1 Å². The first-order chi connectivity index (χ1) is 8.84. The number of aromatic nitrogens is 1. The van der Waals surface area contributed by atoms with Crippen molar-refractivity contribution in [3.8, 4) is 10.6 Å². The van der Waals surface area contributed by atoms with E-state index in [1.807, 2.05) is 11.4 Å². The second kappa shape index (κ2) is 5.14. The van der Waals surface area contributed by atoms with Crippen molar-refractivity contribution in [3.05, 3.63) is 41.2 Å². The number of thiazole rings is 1. The molecule has 2 aromatic rings. The lowest BCUT2D eigenvalue weighted by molar-refractivity contribution is 0.0254. The topological polar surface area (TPSA) is 34.2 Å². The van der Waals surface area contributed by atoms with E-state index in [1.165, 1.54) is 17.4 Å². The van der Waals surface area contributed by atoms with Crippen molar-refractivity contribution in [2.75, 3.05) is 19.7 Å². The van der Waals surface area contributed by atoms with Gasteiger partial charge in [0.25, 0.3) is 0 Å². The van der Waals surface area contributed by atoms with Gasteiger partial charge in [-0.15, -0.1) is 11.3 Å². The molecule has 1 N–H and O–H groups in total. The minimum Gasteiger partial charge on any atom is -0.369 e. The zero-order valence-electron chi connectivity index (χ0n) is 9.73. The number of nitrogens with zero attached hydrogens (tertiary/aromatic N) is 1. The molecule has 1 fully saturated rings. The van der Waals surface area contributed by atoms with Crippen LogP contribution in [0.25, 0.3) is 10.6 Å². The first-order valence-corrected chi connectivity index (χ1v) is 6.75. The predicted octanol–water partition coefficient (Wildman–Crippen LogP) is 2.61. The van der Waals surface area contributed by atoms with Gasteiger partial charge in [-0.25, -0.2) is 9.37 Å². The van der Waals surface area contributed by atoms with E-state index in [1.54, 1.807) is 12.1 Å². The van der Waals surface area contributed by atoms with Crippen molar-refractivity contribution in [3.63, 3.8) is 0 Å². The molecule has 0 aliphatic carbocycles. The molecule has 3 rings (SSSR count). The standard InChI is InChI=1S/C13H13FN2OS/c14-10-4-2-1-3-9(10)13-16-11(8-18-13)12-7-15-5-6-17-12/h1-4,8,12,15H,5-7H2. The van der Waals surface area contributed by atoms with Crippen molar-refractivity contribution in [2.45, 2.75) is 6.10 Å². The first kappa shape index (κ1) is 11.8. The van der Waals surface area contributed by atoms with Gasteiger partial charge < -0.3 is 10.1 Å². The summed E-state index contributed by atoms with van der Waals surface area (Å²) in [6.07, 6.45) is -0.0180. The molecule has 1 saturated heterocycles. The third-order valence-corrected chi connectivity index (χ3v) is 3.78. The fourth-order valence-corrected chi connectivity index (χ4v) is 2.84. The van der Waals surface area contributed by atoms with Crippen LogP contribution in [0.3, 0.4) is 0 Å². The molecule has 1 aliphatic rings. The molecule has 18 heavy (non-hydrogen) atoms. The van der Waals surface area contributed by atoms with Crippen molar-refractivity contribution in [2.24, 2.45) is 0 Å². The molecule has 2 heterocycles. The fourth-order valence-electron chi connectivity index (χ4n) is 1.95. The summed E-state index contributed by atoms with van der Waals surface area (Å²) in [5, 5.41) is 5.91. The van der Waals surface area contributed by atoms with Crippen LogP contribution >= 0.6 is 11.3 Å². The molecule has 0 amide bonds. The molecular weight excluding hydrogens is 251 g/mol. The summed E-state index contributed by atoms with van der Waals surface area (Å²) in [5.41, 5.74) is 1.43. The quantitative estimate of drug-likeness (QED) is 0.905. The largest absolute Gasteiger partial charge is 0.369 e. The van der Waals surface area contributed by atoms with Gasteiger partial charge in [-0.2, -0.15) is 0 Å². The summed E-state index contributed by atoms with van der Waals surface area (Å²) in [4.78, 5) is 4.48.